The minimum Gasteiger partial charge on any atom is -0.310 e. The molecule has 0 bridgehead atoms. The van der Waals surface area contributed by atoms with Gasteiger partial charge in [-0.25, -0.2) is 4.39 Å². The first-order valence-electron chi connectivity index (χ1n) is 7.57. The summed E-state index contributed by atoms with van der Waals surface area (Å²) in [5, 5.41) is 7.78. The van der Waals surface area contributed by atoms with Crippen LogP contribution < -0.4 is 5.32 Å². The van der Waals surface area contributed by atoms with Crippen LogP contribution >= 0.6 is 0 Å². The molecule has 1 N–H and O–H groups in total. The molecule has 114 valence electrons. The van der Waals surface area contributed by atoms with Crippen molar-refractivity contribution in [3.8, 4) is 0 Å². The average Bonchev–Trinajstić information content (AvgIpc) is 2.86. The van der Waals surface area contributed by atoms with E-state index in [4.69, 9.17) is 0 Å². The fraction of sp³-hybridized carbons (Fsp3) is 0.471. The molecule has 0 fully saturated rings. The van der Waals surface area contributed by atoms with Gasteiger partial charge < -0.3 is 5.32 Å². The summed E-state index contributed by atoms with van der Waals surface area (Å²) in [5.41, 5.74) is 3.43. The van der Waals surface area contributed by atoms with Gasteiger partial charge in [0.1, 0.15) is 5.82 Å². The molecule has 3 nitrogen and oxygen atoms in total. The summed E-state index contributed by atoms with van der Waals surface area (Å²) in [5.74, 6) is -0.169. The number of aryl methyl sites for hydroxylation is 3. The SMILES string of the molecule is CCCNC(CCc1cnn(C)c1)c1ccc(F)cc1C. The van der Waals surface area contributed by atoms with E-state index in [1.807, 2.05) is 37.1 Å². The smallest absolute Gasteiger partial charge is 0.123 e. The van der Waals surface area contributed by atoms with Gasteiger partial charge in [0.05, 0.1) is 6.20 Å². The Kier molecular flexibility index (Phi) is 5.51. The minimum absolute atomic E-state index is 0.169. The zero-order chi connectivity index (χ0) is 15.2. The topological polar surface area (TPSA) is 29.9 Å². The Balaban J connectivity index is 2.09. The van der Waals surface area contributed by atoms with Crippen LogP contribution in [0.3, 0.4) is 0 Å². The number of rotatable bonds is 7. The fourth-order valence-electron chi connectivity index (χ4n) is 2.63. The van der Waals surface area contributed by atoms with Crippen LogP contribution in [0.5, 0.6) is 0 Å². The Morgan fingerprint density at radius 1 is 1.38 bits per heavy atom. The van der Waals surface area contributed by atoms with Crippen LogP contribution in [0.1, 0.15) is 42.5 Å². The Bertz CT molecular complexity index is 577. The van der Waals surface area contributed by atoms with E-state index in [9.17, 15) is 4.39 Å². The molecule has 1 aromatic heterocycles. The van der Waals surface area contributed by atoms with Crippen molar-refractivity contribution in [1.82, 2.24) is 15.1 Å². The highest BCUT2D eigenvalue weighted by atomic mass is 19.1. The van der Waals surface area contributed by atoms with Gasteiger partial charge in [0.15, 0.2) is 0 Å². The van der Waals surface area contributed by atoms with Crippen LogP contribution in [-0.4, -0.2) is 16.3 Å². The molecule has 0 spiro atoms. The molecule has 1 unspecified atom stereocenters. The number of aromatic nitrogens is 2. The molecular weight excluding hydrogens is 265 g/mol. The zero-order valence-electron chi connectivity index (χ0n) is 13.1. The number of benzene rings is 1. The molecule has 0 amide bonds. The first kappa shape index (κ1) is 15.7. The summed E-state index contributed by atoms with van der Waals surface area (Å²) in [4.78, 5) is 0. The number of hydrogen-bond donors (Lipinski definition) is 1. The second-order valence-corrected chi connectivity index (χ2v) is 5.57. The molecule has 0 saturated carbocycles. The lowest BCUT2D eigenvalue weighted by molar-refractivity contribution is 0.496. The van der Waals surface area contributed by atoms with Crippen molar-refractivity contribution in [2.75, 3.05) is 6.54 Å². The highest BCUT2D eigenvalue weighted by Crippen LogP contribution is 2.23. The monoisotopic (exact) mass is 289 g/mol. The third-order valence-corrected chi connectivity index (χ3v) is 3.73. The summed E-state index contributed by atoms with van der Waals surface area (Å²) >= 11 is 0. The van der Waals surface area contributed by atoms with Crippen LogP contribution in [-0.2, 0) is 13.5 Å². The highest BCUT2D eigenvalue weighted by molar-refractivity contribution is 5.29. The summed E-state index contributed by atoms with van der Waals surface area (Å²) in [6.45, 7) is 5.10. The Hall–Kier alpha value is -1.68. The van der Waals surface area contributed by atoms with E-state index in [0.717, 1.165) is 31.4 Å². The van der Waals surface area contributed by atoms with E-state index in [1.54, 1.807) is 12.1 Å². The number of nitrogens with one attached hydrogen (secondary N) is 1. The second kappa shape index (κ2) is 7.36. The molecule has 1 atom stereocenters. The lowest BCUT2D eigenvalue weighted by Gasteiger charge is -2.21. The standard InChI is InChI=1S/C17H24FN3/c1-4-9-19-17(8-5-14-11-20-21(3)12-14)16-7-6-15(18)10-13(16)2/h6-7,10-12,17,19H,4-5,8-9H2,1-3H3. The van der Waals surface area contributed by atoms with Gasteiger partial charge in [0, 0.05) is 19.3 Å². The number of halogens is 1. The molecule has 0 saturated heterocycles. The lowest BCUT2D eigenvalue weighted by Crippen LogP contribution is -2.23. The summed E-state index contributed by atoms with van der Waals surface area (Å²) in [6.07, 6.45) is 7.00. The first-order chi connectivity index (χ1) is 10.1. The largest absolute Gasteiger partial charge is 0.310 e. The van der Waals surface area contributed by atoms with Crippen molar-refractivity contribution in [2.45, 2.75) is 39.2 Å². The minimum atomic E-state index is -0.169. The van der Waals surface area contributed by atoms with E-state index < -0.39 is 0 Å². The van der Waals surface area contributed by atoms with Gasteiger partial charge in [-0.05, 0) is 61.6 Å². The van der Waals surface area contributed by atoms with Gasteiger partial charge >= 0.3 is 0 Å². The van der Waals surface area contributed by atoms with Gasteiger partial charge in [-0.3, -0.25) is 4.68 Å². The van der Waals surface area contributed by atoms with Crippen LogP contribution in [0.25, 0.3) is 0 Å². The van der Waals surface area contributed by atoms with Gasteiger partial charge in [-0.2, -0.15) is 5.10 Å². The third kappa shape index (κ3) is 4.39. The molecule has 0 aliphatic heterocycles. The van der Waals surface area contributed by atoms with Crippen molar-refractivity contribution in [2.24, 2.45) is 7.05 Å². The maximum absolute atomic E-state index is 13.3. The van der Waals surface area contributed by atoms with Crippen LogP contribution in [0.15, 0.2) is 30.6 Å². The third-order valence-electron chi connectivity index (χ3n) is 3.73. The normalized spacial score (nSPS) is 12.6. The van der Waals surface area contributed by atoms with E-state index in [-0.39, 0.29) is 11.9 Å². The predicted molar refractivity (Wildman–Crippen MR) is 83.7 cm³/mol. The molecule has 21 heavy (non-hydrogen) atoms. The van der Waals surface area contributed by atoms with Gasteiger partial charge in [-0.15, -0.1) is 0 Å². The Labute approximate surface area is 126 Å². The fourth-order valence-corrected chi connectivity index (χ4v) is 2.63. The van der Waals surface area contributed by atoms with E-state index in [0.29, 0.717) is 0 Å². The van der Waals surface area contributed by atoms with Gasteiger partial charge in [0.25, 0.3) is 0 Å². The number of nitrogens with zero attached hydrogens (tertiary/aromatic N) is 2. The summed E-state index contributed by atoms with van der Waals surface area (Å²) < 4.78 is 15.1. The molecule has 2 aromatic rings. The first-order valence-corrected chi connectivity index (χ1v) is 7.57. The van der Waals surface area contributed by atoms with E-state index in [1.165, 1.54) is 11.1 Å². The van der Waals surface area contributed by atoms with Crippen molar-refractivity contribution >= 4 is 0 Å². The molecule has 0 aliphatic rings. The van der Waals surface area contributed by atoms with Crippen LogP contribution in [0.2, 0.25) is 0 Å². The average molecular weight is 289 g/mol. The molecule has 0 radical (unpaired) electrons. The van der Waals surface area contributed by atoms with Crippen LogP contribution in [0, 0.1) is 12.7 Å². The summed E-state index contributed by atoms with van der Waals surface area (Å²) in [7, 11) is 1.93. The van der Waals surface area contributed by atoms with Crippen molar-refractivity contribution < 1.29 is 4.39 Å². The Morgan fingerprint density at radius 3 is 2.81 bits per heavy atom. The molecule has 2 rings (SSSR count). The van der Waals surface area contributed by atoms with Crippen molar-refractivity contribution in [3.63, 3.8) is 0 Å². The molecular formula is C17H24FN3. The van der Waals surface area contributed by atoms with Crippen molar-refractivity contribution in [1.29, 1.82) is 0 Å². The highest BCUT2D eigenvalue weighted by Gasteiger charge is 2.14. The molecule has 4 heteroatoms. The van der Waals surface area contributed by atoms with Gasteiger partial charge in [0.2, 0.25) is 0 Å². The molecule has 1 aromatic carbocycles. The maximum atomic E-state index is 13.3. The predicted octanol–water partition coefficient (Wildman–Crippen LogP) is 3.54. The van der Waals surface area contributed by atoms with Crippen LogP contribution in [0.4, 0.5) is 4.39 Å². The Morgan fingerprint density at radius 2 is 2.19 bits per heavy atom. The van der Waals surface area contributed by atoms with Gasteiger partial charge in [-0.1, -0.05) is 13.0 Å². The zero-order valence-corrected chi connectivity index (χ0v) is 13.1. The molecule has 0 aliphatic carbocycles. The maximum Gasteiger partial charge on any atom is 0.123 e. The van der Waals surface area contributed by atoms with E-state index >= 15 is 0 Å². The van der Waals surface area contributed by atoms with Crippen molar-refractivity contribution in [3.05, 3.63) is 53.1 Å². The second-order valence-electron chi connectivity index (χ2n) is 5.57. The lowest BCUT2D eigenvalue weighted by atomic mass is 9.96. The molecule has 1 heterocycles. The van der Waals surface area contributed by atoms with E-state index in [2.05, 4.69) is 17.3 Å². The quantitative estimate of drug-likeness (QED) is 0.845. The number of hydrogen-bond acceptors (Lipinski definition) is 2. The summed E-state index contributed by atoms with van der Waals surface area (Å²) in [6, 6.07) is 5.32.